The minimum atomic E-state index is -1.67. The lowest BCUT2D eigenvalue weighted by atomic mass is 10.00. The molecule has 1 aromatic rings. The van der Waals surface area contributed by atoms with Gasteiger partial charge in [0.25, 0.3) is 0 Å². The van der Waals surface area contributed by atoms with Crippen molar-refractivity contribution in [3.63, 3.8) is 0 Å². The van der Waals surface area contributed by atoms with Crippen molar-refractivity contribution >= 4 is 59.1 Å². The number of aliphatic hydroxyl groups is 3. The Morgan fingerprint density at radius 2 is 1.11 bits per heavy atom. The number of nitrogens with two attached hydrogens (primary N) is 4. The Morgan fingerprint density at radius 3 is 1.60 bits per heavy atom. The van der Waals surface area contributed by atoms with Crippen molar-refractivity contribution in [3.05, 3.63) is 35.9 Å². The van der Waals surface area contributed by atoms with Crippen LogP contribution in [0.3, 0.4) is 0 Å². The van der Waals surface area contributed by atoms with Crippen LogP contribution >= 0.6 is 0 Å². The summed E-state index contributed by atoms with van der Waals surface area (Å²) in [7, 11) is 0. The van der Waals surface area contributed by atoms with Crippen LogP contribution in [0.5, 0.6) is 0 Å². The first-order valence-corrected chi connectivity index (χ1v) is 23.9. The molecule has 2 rings (SSSR count). The average molecular weight is 1020 g/mol. The average Bonchev–Trinajstić information content (AvgIpc) is 3.32. The fourth-order valence-corrected chi connectivity index (χ4v) is 7.40. The summed E-state index contributed by atoms with van der Waals surface area (Å²) in [5, 5.41) is 54.9. The van der Waals surface area contributed by atoms with Crippen molar-refractivity contribution in [2.24, 2.45) is 28.9 Å². The van der Waals surface area contributed by atoms with Gasteiger partial charge in [0, 0.05) is 13.0 Å². The zero-order chi connectivity index (χ0) is 54.1. The largest absolute Gasteiger partial charge is 0.391 e. The SMILES string of the molecule is CC(C)C[C@@H]1NC(=O)[C@@H](Cc2ccccc2)NC(=O)[C@H](CCN)NC(=O)[C@@H](NC(=O)[C@H](CCN)NC(=O)[C@@H](NC(=O)CO)C(C)O)CCNC(=O)[C@H](C(C)O)NC(=O)[C@H](CCN)NC(=O)C(CCN)NC1=O. The van der Waals surface area contributed by atoms with Crippen LogP contribution in [0.25, 0.3) is 0 Å². The Balaban J connectivity index is 2.75. The van der Waals surface area contributed by atoms with Gasteiger partial charge in [-0.3, -0.25) is 47.9 Å². The molecule has 10 amide bonds. The molecule has 27 heteroatoms. The van der Waals surface area contributed by atoms with Crippen LogP contribution in [0.2, 0.25) is 0 Å². The normalized spacial score (nSPS) is 24.1. The van der Waals surface area contributed by atoms with Gasteiger partial charge in [-0.25, -0.2) is 0 Å². The van der Waals surface area contributed by atoms with Gasteiger partial charge in [-0.15, -0.1) is 0 Å². The van der Waals surface area contributed by atoms with Crippen LogP contribution in [0.15, 0.2) is 30.3 Å². The van der Waals surface area contributed by atoms with Crippen molar-refractivity contribution in [2.45, 2.75) is 139 Å². The molecule has 0 aromatic heterocycles. The summed E-state index contributed by atoms with van der Waals surface area (Å²) >= 11 is 0. The highest BCUT2D eigenvalue weighted by atomic mass is 16.3. The third-order valence-corrected chi connectivity index (χ3v) is 11.3. The standard InChI is InChI=1S/C45H76N14O13/c1-23(2)20-32-42(69)53-27(10-15-46)37(64)52-30(13-18-49)41(68)59-35(24(3)61)44(71)50-19-14-31(54-38(65)29(12-17-48)55-45(72)36(25(4)62)58-34(63)22-60)40(67)51-28(11-16-47)39(66)57-33(43(70)56-32)21-26-8-6-5-7-9-26/h5-9,23-25,27-33,35-36,60-62H,10-22,46-49H2,1-4H3,(H,50,71)(H,51,67)(H,52,64)(H,53,69)(H,54,65)(H,55,72)(H,56,70)(H,57,66)(H,58,63)(H,59,68)/t24?,25?,27?,28-,29-,30-,31-,32-,33+,35-,36-/m0/s1. The van der Waals surface area contributed by atoms with E-state index in [1.165, 1.54) is 13.8 Å². The molecular weight excluding hydrogens is 945 g/mol. The van der Waals surface area contributed by atoms with Crippen molar-refractivity contribution in [1.82, 2.24) is 53.2 Å². The van der Waals surface area contributed by atoms with Crippen LogP contribution in [-0.4, -0.2) is 180 Å². The summed E-state index contributed by atoms with van der Waals surface area (Å²) in [4.78, 5) is 137. The number of aliphatic hydroxyl groups excluding tert-OH is 3. The Kier molecular flexibility index (Phi) is 27.3. The maximum atomic E-state index is 14.3. The summed E-state index contributed by atoms with van der Waals surface area (Å²) in [5.74, 6) is -9.64. The molecule has 0 saturated carbocycles. The molecule has 1 heterocycles. The number of hydrogen-bond donors (Lipinski definition) is 17. The molecule has 0 radical (unpaired) electrons. The second-order valence-electron chi connectivity index (χ2n) is 17.8. The highest BCUT2D eigenvalue weighted by molar-refractivity contribution is 5.99. The van der Waals surface area contributed by atoms with Crippen LogP contribution in [0.1, 0.15) is 71.8 Å². The number of benzene rings is 1. The van der Waals surface area contributed by atoms with Gasteiger partial charge in [0.15, 0.2) is 0 Å². The smallest absolute Gasteiger partial charge is 0.246 e. The minimum absolute atomic E-state index is 0.0533. The molecule has 1 aromatic carbocycles. The van der Waals surface area contributed by atoms with Gasteiger partial charge >= 0.3 is 0 Å². The van der Waals surface area contributed by atoms with E-state index in [2.05, 4.69) is 53.2 Å². The molecule has 1 aliphatic heterocycles. The Bertz CT molecular complexity index is 1980. The van der Waals surface area contributed by atoms with E-state index in [1.54, 1.807) is 44.2 Å². The van der Waals surface area contributed by atoms with E-state index in [1.807, 2.05) is 0 Å². The lowest BCUT2D eigenvalue weighted by Gasteiger charge is -2.28. The van der Waals surface area contributed by atoms with E-state index in [4.69, 9.17) is 22.9 Å². The van der Waals surface area contributed by atoms with Crippen molar-refractivity contribution in [3.8, 4) is 0 Å². The van der Waals surface area contributed by atoms with Crippen molar-refractivity contribution in [1.29, 1.82) is 0 Å². The number of carbonyl (C=O) groups excluding carboxylic acids is 10. The van der Waals surface area contributed by atoms with Gasteiger partial charge < -0.3 is 91.4 Å². The summed E-state index contributed by atoms with van der Waals surface area (Å²) < 4.78 is 0. The molecule has 0 aliphatic carbocycles. The first-order valence-electron chi connectivity index (χ1n) is 23.9. The Morgan fingerprint density at radius 1 is 0.625 bits per heavy atom. The Hall–Kier alpha value is -6.36. The van der Waals surface area contributed by atoms with Crippen LogP contribution in [0.4, 0.5) is 0 Å². The first kappa shape index (κ1) is 61.8. The van der Waals surface area contributed by atoms with E-state index >= 15 is 0 Å². The minimum Gasteiger partial charge on any atom is -0.391 e. The second kappa shape index (κ2) is 31.9. The maximum Gasteiger partial charge on any atom is 0.246 e. The van der Waals surface area contributed by atoms with Gasteiger partial charge in [-0.05, 0) is 90.0 Å². The Labute approximate surface area is 418 Å². The lowest BCUT2D eigenvalue weighted by molar-refractivity contribution is -0.136. The van der Waals surface area contributed by atoms with Gasteiger partial charge in [-0.1, -0.05) is 44.2 Å². The zero-order valence-corrected chi connectivity index (χ0v) is 41.2. The molecular formula is C45H76N14O13. The number of nitrogens with one attached hydrogen (secondary N) is 10. The molecule has 1 fully saturated rings. The van der Waals surface area contributed by atoms with Crippen LogP contribution in [0, 0.1) is 5.92 Å². The molecule has 1 aliphatic rings. The summed E-state index contributed by atoms with van der Waals surface area (Å²) in [6.07, 6.45) is -4.32. The third-order valence-electron chi connectivity index (χ3n) is 11.3. The number of hydrogen-bond acceptors (Lipinski definition) is 17. The maximum absolute atomic E-state index is 14.3. The van der Waals surface area contributed by atoms with Crippen molar-refractivity contribution < 1.29 is 63.3 Å². The summed E-state index contributed by atoms with van der Waals surface area (Å²) in [6, 6.07) is -4.83. The highest BCUT2D eigenvalue weighted by Crippen LogP contribution is 2.11. The van der Waals surface area contributed by atoms with Crippen LogP contribution < -0.4 is 76.1 Å². The molecule has 72 heavy (non-hydrogen) atoms. The molecule has 1 saturated heterocycles. The predicted molar refractivity (Wildman–Crippen MR) is 260 cm³/mol. The molecule has 21 N–H and O–H groups in total. The molecule has 11 atom stereocenters. The first-order chi connectivity index (χ1) is 34.1. The zero-order valence-electron chi connectivity index (χ0n) is 41.2. The predicted octanol–water partition coefficient (Wildman–Crippen LogP) is -7.69. The van der Waals surface area contributed by atoms with E-state index in [0.29, 0.717) is 5.56 Å². The fraction of sp³-hybridized carbons (Fsp3) is 0.644. The molecule has 0 bridgehead atoms. The number of carbonyl (C=O) groups is 10. The topological polar surface area (TPSA) is 456 Å². The van der Waals surface area contributed by atoms with Crippen LogP contribution in [-0.2, 0) is 54.4 Å². The quantitative estimate of drug-likeness (QED) is 0.0577. The van der Waals surface area contributed by atoms with Crippen molar-refractivity contribution in [2.75, 3.05) is 39.3 Å². The molecule has 0 spiro atoms. The van der Waals surface area contributed by atoms with E-state index in [-0.39, 0.29) is 70.6 Å². The summed E-state index contributed by atoms with van der Waals surface area (Å²) in [6.45, 7) is 3.83. The fourth-order valence-electron chi connectivity index (χ4n) is 7.40. The van der Waals surface area contributed by atoms with Gasteiger partial charge in [0.05, 0.1) is 12.2 Å². The number of rotatable bonds is 20. The highest BCUT2D eigenvalue weighted by Gasteiger charge is 2.37. The van der Waals surface area contributed by atoms with E-state index in [0.717, 1.165) is 0 Å². The molecule has 404 valence electrons. The van der Waals surface area contributed by atoms with Gasteiger partial charge in [-0.2, -0.15) is 0 Å². The molecule has 27 nitrogen and oxygen atoms in total. The summed E-state index contributed by atoms with van der Waals surface area (Å²) in [5.41, 5.74) is 23.9. The second-order valence-corrected chi connectivity index (χ2v) is 17.8. The van der Waals surface area contributed by atoms with E-state index < -0.39 is 145 Å². The van der Waals surface area contributed by atoms with Gasteiger partial charge in [0.2, 0.25) is 59.1 Å². The van der Waals surface area contributed by atoms with Gasteiger partial charge in [0.1, 0.15) is 61.0 Å². The van der Waals surface area contributed by atoms with E-state index in [9.17, 15) is 63.3 Å². The lowest BCUT2D eigenvalue weighted by Crippen LogP contribution is -2.61. The molecule has 3 unspecified atom stereocenters. The number of amides is 10. The third kappa shape index (κ3) is 20.8. The monoisotopic (exact) mass is 1020 g/mol.